The molecule has 1 aromatic heterocycles. The fourth-order valence-corrected chi connectivity index (χ4v) is 4.38. The molecule has 4 rings (SSSR count). The van der Waals surface area contributed by atoms with Crippen molar-refractivity contribution in [2.24, 2.45) is 13.0 Å². The van der Waals surface area contributed by atoms with Crippen molar-refractivity contribution in [3.8, 4) is 0 Å². The van der Waals surface area contributed by atoms with Crippen molar-refractivity contribution in [2.45, 2.75) is 44.2 Å². The van der Waals surface area contributed by atoms with Crippen LogP contribution in [0.2, 0.25) is 0 Å². The summed E-state index contributed by atoms with van der Waals surface area (Å²) in [5.41, 5.74) is 0.363. The highest BCUT2D eigenvalue weighted by atomic mass is 19.1. The molecule has 0 spiro atoms. The minimum Gasteiger partial charge on any atom is -0.342 e. The lowest BCUT2D eigenvalue weighted by atomic mass is 10.0. The molecule has 0 radical (unpaired) electrons. The third-order valence-electron chi connectivity index (χ3n) is 5.91. The lowest BCUT2D eigenvalue weighted by Gasteiger charge is -2.24. The van der Waals surface area contributed by atoms with Crippen molar-refractivity contribution < 1.29 is 14.0 Å². The molecule has 2 unspecified atom stereocenters. The van der Waals surface area contributed by atoms with Crippen molar-refractivity contribution in [1.29, 1.82) is 0 Å². The van der Waals surface area contributed by atoms with E-state index >= 15 is 0 Å². The van der Waals surface area contributed by atoms with Gasteiger partial charge in [-0.25, -0.2) is 9.37 Å². The Labute approximate surface area is 163 Å². The number of likely N-dealkylation sites (tertiary alicyclic amines) is 1. The Balaban J connectivity index is 1.54. The molecule has 1 saturated carbocycles. The number of halogens is 1. The highest BCUT2D eigenvalue weighted by molar-refractivity contribution is 5.89. The second kappa shape index (κ2) is 7.73. The normalized spacial score (nSPS) is 21.3. The number of carbonyl (C=O) groups is 2. The molecule has 6 nitrogen and oxygen atoms in total. The maximum absolute atomic E-state index is 14.5. The van der Waals surface area contributed by atoms with Crippen LogP contribution in [0.1, 0.15) is 49.5 Å². The van der Waals surface area contributed by atoms with Gasteiger partial charge in [0.15, 0.2) is 0 Å². The van der Waals surface area contributed by atoms with E-state index in [1.54, 1.807) is 35.2 Å². The van der Waals surface area contributed by atoms with Crippen LogP contribution in [0.25, 0.3) is 0 Å². The standard InChI is InChI=1S/C21H25FN4O2/c1-25-11-10-23-20(25)19(16-8-4-5-9-17(16)22)24-21(28)14-12-18(27)26(13-14)15-6-2-3-7-15/h4-5,8-11,14-15,19H,2-3,6-7,12-13H2,1H3,(H,24,28). The third-order valence-corrected chi connectivity index (χ3v) is 5.91. The molecule has 2 heterocycles. The molecule has 148 valence electrons. The van der Waals surface area contributed by atoms with Gasteiger partial charge in [0.2, 0.25) is 11.8 Å². The predicted molar refractivity (Wildman–Crippen MR) is 102 cm³/mol. The van der Waals surface area contributed by atoms with Crippen LogP contribution in [0.15, 0.2) is 36.7 Å². The number of imidazole rings is 1. The Morgan fingerprint density at radius 3 is 2.71 bits per heavy atom. The molecule has 1 saturated heterocycles. The van der Waals surface area contributed by atoms with Gasteiger partial charge in [0.25, 0.3) is 0 Å². The van der Waals surface area contributed by atoms with Crippen molar-refractivity contribution in [3.63, 3.8) is 0 Å². The monoisotopic (exact) mass is 384 g/mol. The SMILES string of the molecule is Cn1ccnc1C(NC(=O)C1CC(=O)N(C2CCCC2)C1)c1ccccc1F. The molecule has 2 fully saturated rings. The zero-order chi connectivity index (χ0) is 19.7. The molecule has 1 aliphatic heterocycles. The lowest BCUT2D eigenvalue weighted by molar-refractivity contribution is -0.130. The molecule has 0 bridgehead atoms. The van der Waals surface area contributed by atoms with Gasteiger partial charge >= 0.3 is 0 Å². The summed E-state index contributed by atoms with van der Waals surface area (Å²) in [6.45, 7) is 0.444. The van der Waals surface area contributed by atoms with Crippen LogP contribution >= 0.6 is 0 Å². The number of nitrogens with one attached hydrogen (secondary N) is 1. The van der Waals surface area contributed by atoms with Gasteiger partial charge < -0.3 is 14.8 Å². The fraction of sp³-hybridized carbons (Fsp3) is 0.476. The first-order valence-electron chi connectivity index (χ1n) is 9.86. The maximum Gasteiger partial charge on any atom is 0.226 e. The largest absolute Gasteiger partial charge is 0.342 e. The first kappa shape index (κ1) is 18.7. The average molecular weight is 384 g/mol. The van der Waals surface area contributed by atoms with Crippen LogP contribution in [0.3, 0.4) is 0 Å². The molecule has 1 aliphatic carbocycles. The minimum absolute atomic E-state index is 0.0477. The van der Waals surface area contributed by atoms with Crippen molar-refractivity contribution in [1.82, 2.24) is 19.8 Å². The molecule has 2 aromatic rings. The second-order valence-corrected chi connectivity index (χ2v) is 7.74. The van der Waals surface area contributed by atoms with Gasteiger partial charge in [-0.3, -0.25) is 9.59 Å². The predicted octanol–water partition coefficient (Wildman–Crippen LogP) is 2.56. The number of aryl methyl sites for hydroxylation is 1. The Bertz CT molecular complexity index is 875. The highest BCUT2D eigenvalue weighted by Crippen LogP contribution is 2.30. The number of amides is 2. The Kier molecular flexibility index (Phi) is 5.15. The van der Waals surface area contributed by atoms with Gasteiger partial charge in [-0.15, -0.1) is 0 Å². The summed E-state index contributed by atoms with van der Waals surface area (Å²) < 4.78 is 16.2. The summed E-state index contributed by atoms with van der Waals surface area (Å²) in [5, 5.41) is 2.95. The number of carbonyl (C=O) groups excluding carboxylic acids is 2. The van der Waals surface area contributed by atoms with E-state index in [9.17, 15) is 14.0 Å². The summed E-state index contributed by atoms with van der Waals surface area (Å²) in [4.78, 5) is 31.6. The topological polar surface area (TPSA) is 67.2 Å². The van der Waals surface area contributed by atoms with Crippen LogP contribution in [-0.2, 0) is 16.6 Å². The van der Waals surface area contributed by atoms with Gasteiger partial charge in [-0.2, -0.15) is 0 Å². The molecule has 1 aromatic carbocycles. The number of hydrogen-bond donors (Lipinski definition) is 1. The summed E-state index contributed by atoms with van der Waals surface area (Å²) in [7, 11) is 1.81. The van der Waals surface area contributed by atoms with Crippen LogP contribution in [-0.4, -0.2) is 38.9 Å². The minimum atomic E-state index is -0.704. The number of nitrogens with zero attached hydrogens (tertiary/aromatic N) is 3. The fourth-order valence-electron chi connectivity index (χ4n) is 4.38. The molecular formula is C21H25FN4O2. The molecule has 1 N–H and O–H groups in total. The van der Waals surface area contributed by atoms with E-state index in [0.29, 0.717) is 17.9 Å². The first-order chi connectivity index (χ1) is 13.5. The maximum atomic E-state index is 14.5. The van der Waals surface area contributed by atoms with Crippen LogP contribution in [0.5, 0.6) is 0 Å². The summed E-state index contributed by atoms with van der Waals surface area (Å²) in [5.74, 6) is -0.444. The van der Waals surface area contributed by atoms with Gasteiger partial charge in [0.1, 0.15) is 17.7 Å². The highest BCUT2D eigenvalue weighted by Gasteiger charge is 2.39. The average Bonchev–Trinajstić information content (AvgIpc) is 3.41. The van der Waals surface area contributed by atoms with E-state index in [1.165, 1.54) is 6.07 Å². The van der Waals surface area contributed by atoms with Crippen molar-refractivity contribution in [3.05, 3.63) is 53.9 Å². The van der Waals surface area contributed by atoms with Gasteiger partial charge in [-0.05, 0) is 18.9 Å². The van der Waals surface area contributed by atoms with E-state index in [2.05, 4.69) is 10.3 Å². The summed E-state index contributed by atoms with van der Waals surface area (Å²) in [6.07, 6.45) is 7.91. The summed E-state index contributed by atoms with van der Waals surface area (Å²) >= 11 is 0. The molecule has 2 aliphatic rings. The van der Waals surface area contributed by atoms with E-state index in [0.717, 1.165) is 25.7 Å². The molecule has 7 heteroatoms. The quantitative estimate of drug-likeness (QED) is 0.862. The number of aromatic nitrogens is 2. The van der Waals surface area contributed by atoms with Gasteiger partial charge in [0.05, 0.1) is 5.92 Å². The molecular weight excluding hydrogens is 359 g/mol. The zero-order valence-electron chi connectivity index (χ0n) is 16.0. The van der Waals surface area contributed by atoms with Crippen LogP contribution in [0, 0.1) is 11.7 Å². The van der Waals surface area contributed by atoms with E-state index in [1.807, 2.05) is 11.9 Å². The first-order valence-corrected chi connectivity index (χ1v) is 9.86. The molecule has 28 heavy (non-hydrogen) atoms. The Hall–Kier alpha value is -2.70. The number of hydrogen-bond acceptors (Lipinski definition) is 3. The van der Waals surface area contributed by atoms with Crippen molar-refractivity contribution in [2.75, 3.05) is 6.54 Å². The van der Waals surface area contributed by atoms with Gasteiger partial charge in [-0.1, -0.05) is 31.0 Å². The Morgan fingerprint density at radius 1 is 1.29 bits per heavy atom. The van der Waals surface area contributed by atoms with Crippen LogP contribution in [0.4, 0.5) is 4.39 Å². The molecule has 2 amide bonds. The zero-order valence-corrected chi connectivity index (χ0v) is 16.0. The van der Waals surface area contributed by atoms with Crippen molar-refractivity contribution >= 4 is 11.8 Å². The Morgan fingerprint density at radius 2 is 2.04 bits per heavy atom. The lowest BCUT2D eigenvalue weighted by Crippen LogP contribution is -2.39. The van der Waals surface area contributed by atoms with E-state index in [4.69, 9.17) is 0 Å². The van der Waals surface area contributed by atoms with E-state index in [-0.39, 0.29) is 24.3 Å². The smallest absolute Gasteiger partial charge is 0.226 e. The second-order valence-electron chi connectivity index (χ2n) is 7.74. The number of rotatable bonds is 5. The molecule has 2 atom stereocenters. The number of benzene rings is 1. The van der Waals surface area contributed by atoms with E-state index < -0.39 is 17.8 Å². The third kappa shape index (κ3) is 3.53. The van der Waals surface area contributed by atoms with Gasteiger partial charge in [0, 0.05) is 44.0 Å². The van der Waals surface area contributed by atoms with Crippen LogP contribution < -0.4 is 5.32 Å². The summed E-state index contributed by atoms with van der Waals surface area (Å²) in [6, 6.07) is 5.94.